The van der Waals surface area contributed by atoms with Crippen molar-refractivity contribution < 1.29 is 14.6 Å². The van der Waals surface area contributed by atoms with Crippen LogP contribution in [-0.4, -0.2) is 63.8 Å². The van der Waals surface area contributed by atoms with Crippen molar-refractivity contribution in [3.05, 3.63) is 59.9 Å². The van der Waals surface area contributed by atoms with Crippen molar-refractivity contribution in [1.29, 1.82) is 0 Å². The van der Waals surface area contributed by atoms with E-state index in [0.29, 0.717) is 37.1 Å². The van der Waals surface area contributed by atoms with Gasteiger partial charge in [0.15, 0.2) is 0 Å². The molecule has 0 radical (unpaired) electrons. The van der Waals surface area contributed by atoms with Crippen molar-refractivity contribution in [2.45, 2.75) is 50.4 Å². The Kier molecular flexibility index (Phi) is 6.77. The quantitative estimate of drug-likeness (QED) is 0.415. The molecule has 3 heterocycles. The number of nitrogens with zero attached hydrogens (tertiary/aromatic N) is 2. The summed E-state index contributed by atoms with van der Waals surface area (Å²) in [4.78, 5) is 22.4. The molecule has 8 heteroatoms. The van der Waals surface area contributed by atoms with Gasteiger partial charge in [-0.3, -0.25) is 9.69 Å². The molecular weight excluding hydrogens is 442 g/mol. The molecule has 1 amide bonds. The van der Waals surface area contributed by atoms with E-state index in [9.17, 15) is 9.90 Å². The zero-order chi connectivity index (χ0) is 24.4. The first-order chi connectivity index (χ1) is 16.9. The third kappa shape index (κ3) is 5.50. The number of aromatic amines is 1. The van der Waals surface area contributed by atoms with Crippen LogP contribution in [0.4, 0.5) is 5.82 Å². The number of nitrogen functional groups attached to an aromatic ring is 1. The zero-order valence-electron chi connectivity index (χ0n) is 20.2. The molecule has 2 fully saturated rings. The number of aliphatic hydroxyl groups is 1. The van der Waals surface area contributed by atoms with Crippen molar-refractivity contribution in [1.82, 2.24) is 20.2 Å². The van der Waals surface area contributed by atoms with Gasteiger partial charge in [-0.15, -0.1) is 0 Å². The number of para-hydroxylation sites is 1. The van der Waals surface area contributed by atoms with Gasteiger partial charge in [0.25, 0.3) is 5.91 Å². The van der Waals surface area contributed by atoms with Gasteiger partial charge >= 0.3 is 0 Å². The molecule has 8 nitrogen and oxygen atoms in total. The van der Waals surface area contributed by atoms with Crippen LogP contribution in [0.2, 0.25) is 0 Å². The van der Waals surface area contributed by atoms with Gasteiger partial charge < -0.3 is 25.9 Å². The maximum atomic E-state index is 12.6. The number of benzene rings is 1. The van der Waals surface area contributed by atoms with Gasteiger partial charge in [0.05, 0.1) is 18.3 Å². The van der Waals surface area contributed by atoms with Gasteiger partial charge in [-0.25, -0.2) is 4.98 Å². The number of amides is 1. The van der Waals surface area contributed by atoms with E-state index in [4.69, 9.17) is 10.5 Å². The molecule has 1 saturated carbocycles. The van der Waals surface area contributed by atoms with E-state index < -0.39 is 5.60 Å². The number of nitrogens with two attached hydrogens (primary N) is 1. The Bertz CT molecular complexity index is 1130. The summed E-state index contributed by atoms with van der Waals surface area (Å²) in [6.45, 7) is 4.98. The molecule has 3 aromatic rings. The second-order valence-corrected chi connectivity index (χ2v) is 10.2. The molecular formula is C27H35N5O3. The largest absolute Gasteiger partial charge is 0.390 e. The molecule has 1 aliphatic heterocycles. The van der Waals surface area contributed by atoms with Crippen molar-refractivity contribution in [2.75, 3.05) is 32.0 Å². The highest BCUT2D eigenvalue weighted by molar-refractivity contribution is 5.97. The number of morpholine rings is 1. The SMILES string of the molecule is C[C@H]1CO[C@@H](c2ccc(N)nc2)CN1CC[C@@]1(O)CCC(CNC(=O)c2cc3ccccc3[nH]2)C1. The summed E-state index contributed by atoms with van der Waals surface area (Å²) in [6, 6.07) is 13.8. The van der Waals surface area contributed by atoms with Crippen LogP contribution < -0.4 is 11.1 Å². The summed E-state index contributed by atoms with van der Waals surface area (Å²) in [6.07, 6.45) is 4.87. The summed E-state index contributed by atoms with van der Waals surface area (Å²) in [5.41, 5.74) is 7.59. The fourth-order valence-electron chi connectivity index (χ4n) is 5.42. The van der Waals surface area contributed by atoms with Crippen LogP contribution in [0, 0.1) is 5.92 Å². The van der Waals surface area contributed by atoms with Crippen molar-refractivity contribution in [3.63, 3.8) is 0 Å². The van der Waals surface area contributed by atoms with Gasteiger partial charge in [-0.05, 0) is 56.7 Å². The number of hydrogen-bond donors (Lipinski definition) is 4. The van der Waals surface area contributed by atoms with Crippen LogP contribution in [0.25, 0.3) is 10.9 Å². The third-order valence-electron chi connectivity index (χ3n) is 7.62. The minimum atomic E-state index is -0.688. The van der Waals surface area contributed by atoms with Crippen LogP contribution in [0.3, 0.4) is 0 Å². The number of hydrogen-bond acceptors (Lipinski definition) is 6. The molecule has 5 rings (SSSR count). The number of pyridine rings is 1. The fourth-order valence-corrected chi connectivity index (χ4v) is 5.42. The Morgan fingerprint density at radius 2 is 2.20 bits per heavy atom. The molecule has 1 saturated heterocycles. The molecule has 186 valence electrons. The first-order valence-corrected chi connectivity index (χ1v) is 12.5. The summed E-state index contributed by atoms with van der Waals surface area (Å²) >= 11 is 0. The smallest absolute Gasteiger partial charge is 0.267 e. The van der Waals surface area contributed by atoms with Gasteiger partial charge in [-0.1, -0.05) is 24.3 Å². The van der Waals surface area contributed by atoms with E-state index in [1.54, 1.807) is 12.3 Å². The highest BCUT2D eigenvalue weighted by Crippen LogP contribution is 2.37. The van der Waals surface area contributed by atoms with Gasteiger partial charge in [0.1, 0.15) is 11.5 Å². The van der Waals surface area contributed by atoms with Crippen LogP contribution in [0.1, 0.15) is 54.8 Å². The average molecular weight is 478 g/mol. The average Bonchev–Trinajstić information content (AvgIpc) is 3.47. The summed E-state index contributed by atoms with van der Waals surface area (Å²) < 4.78 is 6.04. The lowest BCUT2D eigenvalue weighted by Crippen LogP contribution is -2.47. The van der Waals surface area contributed by atoms with Crippen molar-refractivity contribution >= 4 is 22.6 Å². The molecule has 1 aromatic carbocycles. The monoisotopic (exact) mass is 477 g/mol. The summed E-state index contributed by atoms with van der Waals surface area (Å²) in [5, 5.41) is 15.4. The predicted molar refractivity (Wildman–Crippen MR) is 136 cm³/mol. The maximum Gasteiger partial charge on any atom is 0.267 e. The van der Waals surface area contributed by atoms with Gasteiger partial charge in [-0.2, -0.15) is 0 Å². The molecule has 1 unspecified atom stereocenters. The van der Waals surface area contributed by atoms with Crippen LogP contribution >= 0.6 is 0 Å². The number of nitrogens with one attached hydrogen (secondary N) is 2. The maximum absolute atomic E-state index is 12.6. The lowest BCUT2D eigenvalue weighted by molar-refractivity contribution is -0.0693. The summed E-state index contributed by atoms with van der Waals surface area (Å²) in [5.74, 6) is 0.691. The fraction of sp³-hybridized carbons (Fsp3) is 0.481. The molecule has 0 bridgehead atoms. The Labute approximate surface area is 205 Å². The highest BCUT2D eigenvalue weighted by atomic mass is 16.5. The standard InChI is InChI=1S/C27H35N5O3/c1-18-17-35-24(21-6-7-25(28)29-15-21)16-32(18)11-10-27(34)9-8-19(13-27)14-30-26(33)23-12-20-4-2-3-5-22(20)31-23/h2-7,12,15,18-19,24,31,34H,8-11,13-14,16-17H2,1H3,(H2,28,29)(H,30,33)/t18-,19?,24+,27-/m0/s1. The molecule has 1 aliphatic carbocycles. The van der Waals surface area contributed by atoms with Crippen LogP contribution in [-0.2, 0) is 4.74 Å². The number of aromatic nitrogens is 2. The lowest BCUT2D eigenvalue weighted by atomic mass is 9.95. The molecule has 2 aromatic heterocycles. The molecule has 0 spiro atoms. The normalized spacial score (nSPS) is 27.3. The Hall–Kier alpha value is -2.94. The topological polar surface area (TPSA) is 116 Å². The Morgan fingerprint density at radius 1 is 1.34 bits per heavy atom. The minimum absolute atomic E-state index is 0.0369. The number of carbonyl (C=O) groups is 1. The highest BCUT2D eigenvalue weighted by Gasteiger charge is 2.38. The predicted octanol–water partition coefficient (Wildman–Crippen LogP) is 3.26. The van der Waals surface area contributed by atoms with Crippen molar-refractivity contribution in [2.24, 2.45) is 5.92 Å². The number of anilines is 1. The minimum Gasteiger partial charge on any atom is -0.390 e. The Balaban J connectivity index is 1.11. The number of ether oxygens (including phenoxy) is 1. The molecule has 5 N–H and O–H groups in total. The van der Waals surface area contributed by atoms with E-state index in [0.717, 1.165) is 48.8 Å². The van der Waals surface area contributed by atoms with Crippen LogP contribution in [0.5, 0.6) is 0 Å². The van der Waals surface area contributed by atoms with Crippen molar-refractivity contribution in [3.8, 4) is 0 Å². The van der Waals surface area contributed by atoms with E-state index in [-0.39, 0.29) is 17.9 Å². The first kappa shape index (κ1) is 23.8. The van der Waals surface area contributed by atoms with Gasteiger partial charge in [0, 0.05) is 48.3 Å². The van der Waals surface area contributed by atoms with Gasteiger partial charge in [0.2, 0.25) is 0 Å². The number of carbonyl (C=O) groups excluding carboxylic acids is 1. The summed E-state index contributed by atoms with van der Waals surface area (Å²) in [7, 11) is 0. The van der Waals surface area contributed by atoms with E-state index in [1.807, 2.05) is 36.4 Å². The number of rotatable bonds is 7. The molecule has 4 atom stereocenters. The molecule has 35 heavy (non-hydrogen) atoms. The van der Waals surface area contributed by atoms with E-state index >= 15 is 0 Å². The Morgan fingerprint density at radius 3 is 3.00 bits per heavy atom. The van der Waals surface area contributed by atoms with E-state index in [2.05, 4.69) is 27.1 Å². The number of fused-ring (bicyclic) bond motifs is 1. The second kappa shape index (κ2) is 9.97. The second-order valence-electron chi connectivity index (χ2n) is 10.2. The molecule has 2 aliphatic rings. The number of H-pyrrole nitrogens is 1. The zero-order valence-corrected chi connectivity index (χ0v) is 20.2. The first-order valence-electron chi connectivity index (χ1n) is 12.5. The lowest BCUT2D eigenvalue weighted by Gasteiger charge is -2.39. The third-order valence-corrected chi connectivity index (χ3v) is 7.62. The van der Waals surface area contributed by atoms with Crippen LogP contribution in [0.15, 0.2) is 48.7 Å². The van der Waals surface area contributed by atoms with E-state index in [1.165, 1.54) is 0 Å².